The predicted octanol–water partition coefficient (Wildman–Crippen LogP) is 3.12. The normalized spacial score (nSPS) is 12.9. The van der Waals surface area contributed by atoms with Gasteiger partial charge in [0.05, 0.1) is 31.1 Å². The van der Waals surface area contributed by atoms with Crippen molar-refractivity contribution >= 4 is 17.6 Å². The van der Waals surface area contributed by atoms with Gasteiger partial charge in [0, 0.05) is 16.8 Å². The quantitative estimate of drug-likeness (QED) is 0.256. The van der Waals surface area contributed by atoms with Crippen LogP contribution >= 0.6 is 11.6 Å². The van der Waals surface area contributed by atoms with Crippen molar-refractivity contribution < 1.29 is 41.0 Å². The van der Waals surface area contributed by atoms with Gasteiger partial charge >= 0.3 is 24.0 Å². The van der Waals surface area contributed by atoms with Crippen LogP contribution in [-0.4, -0.2) is 64.6 Å². The zero-order valence-electron chi connectivity index (χ0n) is 20.0. The number of carbonyl (C=O) groups excluding carboxylic acids is 1. The first-order valence-electron chi connectivity index (χ1n) is 10.9. The van der Waals surface area contributed by atoms with Gasteiger partial charge in [-0.1, -0.05) is 11.6 Å². The molecular weight excluding hydrogens is 576 g/mol. The van der Waals surface area contributed by atoms with E-state index >= 15 is 0 Å². The smallest absolute Gasteiger partial charge is 0.418 e. The van der Waals surface area contributed by atoms with Gasteiger partial charge in [0.2, 0.25) is 5.82 Å². The van der Waals surface area contributed by atoms with E-state index in [9.17, 15) is 41.0 Å². The number of aromatic nitrogens is 7. The van der Waals surface area contributed by atoms with E-state index in [-0.39, 0.29) is 16.4 Å². The number of hydrogen-bond donors (Lipinski definition) is 1. The average Bonchev–Trinajstić information content (AvgIpc) is 3.44. The number of alkyl halides is 6. The van der Waals surface area contributed by atoms with E-state index in [2.05, 4.69) is 24.9 Å². The van der Waals surface area contributed by atoms with Crippen molar-refractivity contribution in [3.05, 3.63) is 75.4 Å². The number of benzene rings is 1. The fraction of sp³-hybridized carbons (Fsp3) is 0.273. The number of hydrogen-bond acceptors (Lipinski definition) is 8. The monoisotopic (exact) mass is 591 g/mol. The molecular formula is C22H16ClF6N7O4. The fourth-order valence-electron chi connectivity index (χ4n) is 3.54. The first kappa shape index (κ1) is 28.8. The highest BCUT2D eigenvalue weighted by Gasteiger charge is 2.40. The molecule has 0 radical (unpaired) electrons. The van der Waals surface area contributed by atoms with Gasteiger partial charge in [0.15, 0.2) is 17.8 Å². The van der Waals surface area contributed by atoms with E-state index in [0.717, 1.165) is 19.5 Å². The second-order valence-electron chi connectivity index (χ2n) is 8.08. The van der Waals surface area contributed by atoms with Gasteiger partial charge in [-0.05, 0) is 30.3 Å². The third-order valence-electron chi connectivity index (χ3n) is 5.40. The Labute approximate surface area is 224 Å². The largest absolute Gasteiger partial charge is 0.463 e. The van der Waals surface area contributed by atoms with Crippen molar-refractivity contribution in [2.45, 2.75) is 31.5 Å². The number of aliphatic hydroxyl groups excluding tert-OH is 1. The predicted molar refractivity (Wildman–Crippen MR) is 124 cm³/mol. The molecule has 11 nitrogen and oxygen atoms in total. The van der Waals surface area contributed by atoms with Crippen LogP contribution in [0.3, 0.4) is 0 Å². The van der Waals surface area contributed by atoms with E-state index in [0.29, 0.717) is 20.0 Å². The Morgan fingerprint density at radius 3 is 2.38 bits per heavy atom. The maximum atomic E-state index is 13.6. The number of ether oxygens (including phenoxy) is 1. The van der Waals surface area contributed by atoms with Crippen LogP contribution in [0, 0.1) is 0 Å². The maximum absolute atomic E-state index is 13.6. The molecule has 0 aliphatic carbocycles. The van der Waals surface area contributed by atoms with Crippen LogP contribution in [0.2, 0.25) is 5.02 Å². The van der Waals surface area contributed by atoms with Crippen LogP contribution in [-0.2, 0) is 24.0 Å². The number of nitrogens with zero attached hydrogens (tertiary/aromatic N) is 7. The number of methoxy groups -OCH3 is 1. The molecule has 1 aromatic carbocycles. The molecule has 18 heteroatoms. The summed E-state index contributed by atoms with van der Waals surface area (Å²) in [6, 6.07) is 6.17. The maximum Gasteiger partial charge on any atom is 0.418 e. The van der Waals surface area contributed by atoms with Crippen molar-refractivity contribution in [2.24, 2.45) is 0 Å². The van der Waals surface area contributed by atoms with Gasteiger partial charge in [-0.25, -0.2) is 23.9 Å². The molecule has 1 N–H and O–H groups in total. The van der Waals surface area contributed by atoms with E-state index in [4.69, 9.17) is 11.6 Å². The highest BCUT2D eigenvalue weighted by Crippen LogP contribution is 2.33. The molecule has 3 heterocycles. The van der Waals surface area contributed by atoms with Gasteiger partial charge < -0.3 is 9.84 Å². The summed E-state index contributed by atoms with van der Waals surface area (Å²) in [6.07, 6.45) is -11.2. The summed E-state index contributed by atoms with van der Waals surface area (Å²) in [5.41, 5.74) is -2.87. The van der Waals surface area contributed by atoms with Crippen LogP contribution in [0.4, 0.5) is 26.3 Å². The molecule has 0 spiro atoms. The lowest BCUT2D eigenvalue weighted by Gasteiger charge is -2.15. The first-order valence-corrected chi connectivity index (χ1v) is 11.3. The molecule has 0 amide bonds. The first-order chi connectivity index (χ1) is 18.7. The molecule has 3 aromatic heterocycles. The second kappa shape index (κ2) is 10.7. The average molecular weight is 592 g/mol. The molecule has 40 heavy (non-hydrogen) atoms. The summed E-state index contributed by atoms with van der Waals surface area (Å²) in [5.74, 6) is -2.58. The van der Waals surface area contributed by atoms with E-state index in [1.165, 1.54) is 24.3 Å². The summed E-state index contributed by atoms with van der Waals surface area (Å²) in [5, 5.41) is 17.8. The number of halogens is 7. The molecule has 0 aliphatic heterocycles. The lowest BCUT2D eigenvalue weighted by atomic mass is 10.2. The van der Waals surface area contributed by atoms with Crippen molar-refractivity contribution in [1.29, 1.82) is 0 Å². The number of pyridine rings is 1. The summed E-state index contributed by atoms with van der Waals surface area (Å²) < 4.78 is 86.3. The summed E-state index contributed by atoms with van der Waals surface area (Å²) in [4.78, 5) is 32.9. The minimum absolute atomic E-state index is 0.161. The Hall–Kier alpha value is -4.25. The zero-order valence-corrected chi connectivity index (χ0v) is 20.7. The lowest BCUT2D eigenvalue weighted by molar-refractivity contribution is -0.207. The van der Waals surface area contributed by atoms with Gasteiger partial charge in [0.1, 0.15) is 6.54 Å². The Morgan fingerprint density at radius 1 is 1.10 bits per heavy atom. The minimum atomic E-state index is -5.06. The van der Waals surface area contributed by atoms with E-state index in [1.807, 2.05) is 0 Å². The van der Waals surface area contributed by atoms with Gasteiger partial charge in [-0.15, -0.1) is 10.2 Å². The molecule has 0 bridgehead atoms. The molecule has 0 saturated heterocycles. The fourth-order valence-corrected chi connectivity index (χ4v) is 3.67. The molecule has 1 atom stereocenters. The molecule has 0 saturated carbocycles. The second-order valence-corrected chi connectivity index (χ2v) is 8.52. The van der Waals surface area contributed by atoms with Crippen molar-refractivity contribution in [3.63, 3.8) is 0 Å². The topological polar surface area (TPSA) is 130 Å². The Balaban J connectivity index is 1.82. The van der Waals surface area contributed by atoms with Crippen LogP contribution in [0.1, 0.15) is 22.0 Å². The van der Waals surface area contributed by atoms with Crippen molar-refractivity contribution in [3.8, 4) is 17.1 Å². The standard InChI is InChI=1S/C22H16ClF6N7O4/c1-40-19(38)18-31-16(32-36(18)14-8-30-7-6-13(14)21(24,25)26)10-35-20(39)34(9-15(37)22(27,28)29)17(33-35)11-2-4-12(23)5-3-11/h2-8,15,37H,9-10H2,1H3. The van der Waals surface area contributed by atoms with Crippen LogP contribution in [0.15, 0.2) is 47.5 Å². The van der Waals surface area contributed by atoms with Crippen LogP contribution < -0.4 is 5.69 Å². The number of rotatable bonds is 7. The molecule has 0 fully saturated rings. The Morgan fingerprint density at radius 2 is 1.77 bits per heavy atom. The van der Waals surface area contributed by atoms with Crippen LogP contribution in [0.25, 0.3) is 17.1 Å². The highest BCUT2D eigenvalue weighted by atomic mass is 35.5. The van der Waals surface area contributed by atoms with Crippen molar-refractivity contribution in [2.75, 3.05) is 7.11 Å². The molecule has 1 unspecified atom stereocenters. The van der Waals surface area contributed by atoms with Crippen molar-refractivity contribution in [1.82, 2.24) is 34.1 Å². The number of carbonyl (C=O) groups is 1. The third kappa shape index (κ3) is 5.84. The number of esters is 1. The molecule has 212 valence electrons. The van der Waals surface area contributed by atoms with E-state index in [1.54, 1.807) is 0 Å². The van der Waals surface area contributed by atoms with Gasteiger partial charge in [0.25, 0.3) is 0 Å². The third-order valence-corrected chi connectivity index (χ3v) is 5.65. The molecule has 4 rings (SSSR count). The highest BCUT2D eigenvalue weighted by molar-refractivity contribution is 6.30. The lowest BCUT2D eigenvalue weighted by Crippen LogP contribution is -2.37. The minimum Gasteiger partial charge on any atom is -0.463 e. The summed E-state index contributed by atoms with van der Waals surface area (Å²) >= 11 is 5.86. The van der Waals surface area contributed by atoms with Crippen LogP contribution in [0.5, 0.6) is 0 Å². The Kier molecular flexibility index (Phi) is 7.71. The Bertz CT molecular complexity index is 1590. The van der Waals surface area contributed by atoms with E-state index < -0.39 is 66.1 Å². The van der Waals surface area contributed by atoms with Gasteiger partial charge in [-0.2, -0.15) is 26.3 Å². The number of aliphatic hydroxyl groups is 1. The SMILES string of the molecule is COC(=O)c1nc(Cn2nc(-c3ccc(Cl)cc3)n(CC(O)C(F)(F)F)c2=O)nn1-c1cnccc1C(F)(F)F. The summed E-state index contributed by atoms with van der Waals surface area (Å²) in [7, 11) is 0.950. The zero-order chi connectivity index (χ0) is 29.4. The summed E-state index contributed by atoms with van der Waals surface area (Å²) in [6.45, 7) is -1.91. The molecule has 0 aliphatic rings. The molecule has 4 aromatic rings. The van der Waals surface area contributed by atoms with Gasteiger partial charge in [-0.3, -0.25) is 9.55 Å².